The summed E-state index contributed by atoms with van der Waals surface area (Å²) in [5.41, 5.74) is 1.38. The molecular formula is C11H16N2. The monoisotopic (exact) mass is 176 g/mol. The lowest BCUT2D eigenvalue weighted by molar-refractivity contribution is 0.372. The fourth-order valence-corrected chi connectivity index (χ4v) is 1.74. The van der Waals surface area contributed by atoms with Crippen molar-refractivity contribution in [3.05, 3.63) is 36.2 Å². The highest BCUT2D eigenvalue weighted by Crippen LogP contribution is 2.12. The van der Waals surface area contributed by atoms with Crippen LogP contribution in [0.15, 0.2) is 36.2 Å². The van der Waals surface area contributed by atoms with Gasteiger partial charge in [-0.3, -0.25) is 0 Å². The first-order valence-corrected chi connectivity index (χ1v) is 4.97. The molecule has 0 bridgehead atoms. The summed E-state index contributed by atoms with van der Waals surface area (Å²) in [4.78, 5) is 2.46. The standard InChI is InChI=1S/C11H16N2/c1-2-4-10-13(9-3-1)11-5-7-12-8-6-11/h1-2,5-7,12H,3-4,8-10H2. The summed E-state index contributed by atoms with van der Waals surface area (Å²) < 4.78 is 0. The number of hydrogen-bond donors (Lipinski definition) is 1. The molecule has 1 N–H and O–H groups in total. The maximum absolute atomic E-state index is 3.17. The summed E-state index contributed by atoms with van der Waals surface area (Å²) >= 11 is 0. The molecule has 2 rings (SSSR count). The van der Waals surface area contributed by atoms with Crippen LogP contribution in [-0.2, 0) is 0 Å². The molecule has 0 amide bonds. The molecule has 0 saturated heterocycles. The van der Waals surface area contributed by atoms with Crippen LogP contribution < -0.4 is 5.32 Å². The third kappa shape index (κ3) is 2.14. The second kappa shape index (κ2) is 4.17. The van der Waals surface area contributed by atoms with Gasteiger partial charge in [0.15, 0.2) is 0 Å². The Labute approximate surface area is 79.6 Å². The first-order chi connectivity index (χ1) is 6.47. The van der Waals surface area contributed by atoms with Gasteiger partial charge >= 0.3 is 0 Å². The average molecular weight is 176 g/mol. The van der Waals surface area contributed by atoms with Crippen LogP contribution in [-0.4, -0.2) is 24.5 Å². The largest absolute Gasteiger partial charge is 0.387 e. The molecule has 0 radical (unpaired) electrons. The average Bonchev–Trinajstić information content (AvgIpc) is 2.47. The number of rotatable bonds is 1. The molecule has 2 heterocycles. The second-order valence-electron chi connectivity index (χ2n) is 3.41. The first kappa shape index (κ1) is 8.42. The molecule has 0 fully saturated rings. The lowest BCUT2D eigenvalue weighted by Gasteiger charge is -2.25. The zero-order valence-corrected chi connectivity index (χ0v) is 7.87. The van der Waals surface area contributed by atoms with Gasteiger partial charge < -0.3 is 10.2 Å². The van der Waals surface area contributed by atoms with E-state index in [0.29, 0.717) is 0 Å². The van der Waals surface area contributed by atoms with Gasteiger partial charge in [-0.1, -0.05) is 12.2 Å². The Balaban J connectivity index is 1.99. The molecule has 2 nitrogen and oxygen atoms in total. The Morgan fingerprint density at radius 1 is 1.15 bits per heavy atom. The van der Waals surface area contributed by atoms with Crippen molar-refractivity contribution in [2.24, 2.45) is 0 Å². The highest BCUT2D eigenvalue weighted by Gasteiger charge is 2.08. The Kier molecular flexibility index (Phi) is 2.70. The Morgan fingerprint density at radius 2 is 1.92 bits per heavy atom. The third-order valence-electron chi connectivity index (χ3n) is 2.46. The molecule has 0 aliphatic carbocycles. The summed E-state index contributed by atoms with van der Waals surface area (Å²) in [5, 5.41) is 3.17. The normalized spacial score (nSPS) is 22.2. The predicted octanol–water partition coefficient (Wildman–Crippen LogP) is 1.64. The smallest absolute Gasteiger partial charge is 0.0358 e. The van der Waals surface area contributed by atoms with Crippen LogP contribution in [0.1, 0.15) is 12.8 Å². The number of nitrogens with one attached hydrogen (secondary N) is 1. The SMILES string of the molecule is C1=CCCN(C2=CCNC=C2)CC1. The van der Waals surface area contributed by atoms with Crippen LogP contribution in [0.4, 0.5) is 0 Å². The van der Waals surface area contributed by atoms with Crippen molar-refractivity contribution >= 4 is 0 Å². The van der Waals surface area contributed by atoms with Crippen LogP contribution >= 0.6 is 0 Å². The lowest BCUT2D eigenvalue weighted by Crippen LogP contribution is -2.26. The van der Waals surface area contributed by atoms with Crippen molar-refractivity contribution in [3.8, 4) is 0 Å². The van der Waals surface area contributed by atoms with E-state index in [4.69, 9.17) is 0 Å². The summed E-state index contributed by atoms with van der Waals surface area (Å²) in [6.07, 6.45) is 13.4. The van der Waals surface area contributed by atoms with Crippen molar-refractivity contribution in [3.63, 3.8) is 0 Å². The number of dihydropyridines is 1. The lowest BCUT2D eigenvalue weighted by atomic mass is 10.2. The van der Waals surface area contributed by atoms with Crippen LogP contribution in [0, 0.1) is 0 Å². The minimum atomic E-state index is 0.968. The van der Waals surface area contributed by atoms with Crippen molar-refractivity contribution in [2.75, 3.05) is 19.6 Å². The van der Waals surface area contributed by atoms with Gasteiger partial charge in [0.2, 0.25) is 0 Å². The van der Waals surface area contributed by atoms with Gasteiger partial charge in [0.05, 0.1) is 0 Å². The van der Waals surface area contributed by atoms with E-state index in [9.17, 15) is 0 Å². The van der Waals surface area contributed by atoms with Crippen molar-refractivity contribution in [1.82, 2.24) is 10.2 Å². The Hall–Kier alpha value is -1.18. The quantitative estimate of drug-likeness (QED) is 0.611. The summed E-state index contributed by atoms with van der Waals surface area (Å²) in [5.74, 6) is 0. The van der Waals surface area contributed by atoms with E-state index in [1.165, 1.54) is 18.5 Å². The summed E-state index contributed by atoms with van der Waals surface area (Å²) in [6, 6.07) is 0. The Morgan fingerprint density at radius 3 is 2.54 bits per heavy atom. The van der Waals surface area contributed by atoms with Gasteiger partial charge in [-0.05, 0) is 31.2 Å². The van der Waals surface area contributed by atoms with Crippen molar-refractivity contribution in [1.29, 1.82) is 0 Å². The van der Waals surface area contributed by atoms with Gasteiger partial charge in [-0.15, -0.1) is 0 Å². The number of allylic oxidation sites excluding steroid dienone is 1. The molecular weight excluding hydrogens is 160 g/mol. The minimum absolute atomic E-state index is 0.968. The second-order valence-corrected chi connectivity index (χ2v) is 3.41. The fourth-order valence-electron chi connectivity index (χ4n) is 1.74. The first-order valence-electron chi connectivity index (χ1n) is 4.97. The van der Waals surface area contributed by atoms with E-state index in [1.807, 2.05) is 6.20 Å². The van der Waals surface area contributed by atoms with E-state index in [0.717, 1.165) is 19.6 Å². The van der Waals surface area contributed by atoms with Crippen molar-refractivity contribution in [2.45, 2.75) is 12.8 Å². The molecule has 0 aromatic heterocycles. The molecule has 0 aromatic rings. The number of nitrogens with zero attached hydrogens (tertiary/aromatic N) is 1. The van der Waals surface area contributed by atoms with E-state index < -0.39 is 0 Å². The molecule has 70 valence electrons. The maximum atomic E-state index is 3.17. The molecule has 0 unspecified atom stereocenters. The van der Waals surface area contributed by atoms with Crippen LogP contribution in [0.5, 0.6) is 0 Å². The fraction of sp³-hybridized carbons (Fsp3) is 0.455. The van der Waals surface area contributed by atoms with Gasteiger partial charge in [0.25, 0.3) is 0 Å². The van der Waals surface area contributed by atoms with Crippen molar-refractivity contribution < 1.29 is 0 Å². The molecule has 2 aliphatic rings. The molecule has 0 atom stereocenters. The van der Waals surface area contributed by atoms with Gasteiger partial charge in [-0.25, -0.2) is 0 Å². The maximum Gasteiger partial charge on any atom is 0.0358 e. The molecule has 0 spiro atoms. The predicted molar refractivity (Wildman–Crippen MR) is 55.2 cm³/mol. The van der Waals surface area contributed by atoms with E-state index in [1.54, 1.807) is 0 Å². The van der Waals surface area contributed by atoms with Crippen LogP contribution in [0.2, 0.25) is 0 Å². The van der Waals surface area contributed by atoms with Gasteiger partial charge in [-0.2, -0.15) is 0 Å². The molecule has 0 aromatic carbocycles. The minimum Gasteiger partial charge on any atom is -0.387 e. The highest BCUT2D eigenvalue weighted by molar-refractivity contribution is 5.21. The number of hydrogen-bond acceptors (Lipinski definition) is 2. The van der Waals surface area contributed by atoms with Gasteiger partial charge in [0.1, 0.15) is 0 Å². The zero-order chi connectivity index (χ0) is 8.93. The molecule has 13 heavy (non-hydrogen) atoms. The van der Waals surface area contributed by atoms with Crippen LogP contribution in [0.25, 0.3) is 0 Å². The molecule has 2 aliphatic heterocycles. The molecule has 2 heteroatoms. The Bertz CT molecular complexity index is 241. The van der Waals surface area contributed by atoms with E-state index in [-0.39, 0.29) is 0 Å². The topological polar surface area (TPSA) is 15.3 Å². The zero-order valence-electron chi connectivity index (χ0n) is 7.87. The summed E-state index contributed by atoms with van der Waals surface area (Å²) in [7, 11) is 0. The molecule has 0 saturated carbocycles. The van der Waals surface area contributed by atoms with E-state index in [2.05, 4.69) is 34.5 Å². The highest BCUT2D eigenvalue weighted by atomic mass is 15.1. The van der Waals surface area contributed by atoms with Gasteiger partial charge in [0, 0.05) is 25.3 Å². The summed E-state index contributed by atoms with van der Waals surface area (Å²) in [6.45, 7) is 3.29. The van der Waals surface area contributed by atoms with E-state index >= 15 is 0 Å². The third-order valence-corrected chi connectivity index (χ3v) is 2.46. The van der Waals surface area contributed by atoms with Crippen LogP contribution in [0.3, 0.4) is 0 Å².